The molecule has 0 spiro atoms. The number of hydrogen-bond acceptors (Lipinski definition) is 4. The fourth-order valence-electron chi connectivity index (χ4n) is 3.23. The highest BCUT2D eigenvalue weighted by molar-refractivity contribution is 5.76. The largest absolute Gasteiger partial charge is 0.448 e. The second kappa shape index (κ2) is 9.08. The third-order valence-corrected chi connectivity index (χ3v) is 4.43. The Hall–Kier alpha value is -3.28. The number of ether oxygens (including phenoxy) is 2. The van der Waals surface area contributed by atoms with Gasteiger partial charge in [0.1, 0.15) is 12.1 Å². The molecule has 1 heterocycles. The van der Waals surface area contributed by atoms with Crippen LogP contribution in [-0.2, 0) is 9.47 Å². The first-order chi connectivity index (χ1) is 13.7. The number of rotatable bonds is 4. The Morgan fingerprint density at radius 1 is 0.714 bits per heavy atom. The highest BCUT2D eigenvalue weighted by Crippen LogP contribution is 2.37. The van der Waals surface area contributed by atoms with E-state index in [1.807, 2.05) is 72.8 Å². The molecule has 0 saturated carbocycles. The lowest BCUT2D eigenvalue weighted by molar-refractivity contribution is -0.0561. The van der Waals surface area contributed by atoms with E-state index in [0.29, 0.717) is 0 Å². The molecule has 0 aromatic heterocycles. The van der Waals surface area contributed by atoms with Crippen molar-refractivity contribution in [2.45, 2.75) is 25.9 Å². The van der Waals surface area contributed by atoms with Crippen molar-refractivity contribution in [1.82, 2.24) is 10.0 Å². The molecule has 0 bridgehead atoms. The van der Waals surface area contributed by atoms with Gasteiger partial charge in [-0.25, -0.2) is 19.6 Å². The summed E-state index contributed by atoms with van der Waals surface area (Å²) in [4.78, 5) is 25.8. The number of nitrogens with zero attached hydrogens (tertiary/aromatic N) is 2. The maximum absolute atomic E-state index is 12.9. The molecule has 1 aliphatic rings. The van der Waals surface area contributed by atoms with Gasteiger partial charge in [0.05, 0.1) is 13.2 Å². The van der Waals surface area contributed by atoms with E-state index in [1.165, 1.54) is 10.0 Å². The van der Waals surface area contributed by atoms with Crippen LogP contribution in [0.1, 0.15) is 37.1 Å². The van der Waals surface area contributed by atoms with Crippen LogP contribution in [0, 0.1) is 0 Å². The molecule has 2 atom stereocenters. The molecule has 2 unspecified atom stereocenters. The molecule has 28 heavy (non-hydrogen) atoms. The van der Waals surface area contributed by atoms with Crippen molar-refractivity contribution in [3.63, 3.8) is 0 Å². The van der Waals surface area contributed by atoms with E-state index in [2.05, 4.69) is 0 Å². The maximum Gasteiger partial charge on any atom is 0.429 e. The average Bonchev–Trinajstić information content (AvgIpc) is 2.74. The summed E-state index contributed by atoms with van der Waals surface area (Å²) in [7, 11) is 0. The molecule has 2 aromatic carbocycles. The molecular formula is C22H24N2O4. The molecular weight excluding hydrogens is 356 g/mol. The minimum absolute atomic E-state index is 0.202. The van der Waals surface area contributed by atoms with Gasteiger partial charge in [-0.3, -0.25) is 0 Å². The summed E-state index contributed by atoms with van der Waals surface area (Å²) in [5.74, 6) is 0. The first-order valence-electron chi connectivity index (χ1n) is 9.37. The lowest BCUT2D eigenvalue weighted by atomic mass is 9.99. The minimum Gasteiger partial charge on any atom is -0.448 e. The van der Waals surface area contributed by atoms with Crippen LogP contribution in [0.2, 0.25) is 0 Å². The van der Waals surface area contributed by atoms with E-state index in [9.17, 15) is 9.59 Å². The van der Waals surface area contributed by atoms with Gasteiger partial charge in [0, 0.05) is 0 Å². The number of hydrogen-bond donors (Lipinski definition) is 0. The summed E-state index contributed by atoms with van der Waals surface area (Å²) >= 11 is 0. The third kappa shape index (κ3) is 4.01. The second-order valence-corrected chi connectivity index (χ2v) is 6.18. The van der Waals surface area contributed by atoms with Crippen molar-refractivity contribution in [2.75, 3.05) is 13.2 Å². The van der Waals surface area contributed by atoms with Gasteiger partial charge in [-0.15, -0.1) is 0 Å². The summed E-state index contributed by atoms with van der Waals surface area (Å²) in [6.45, 7) is 3.87. The zero-order valence-electron chi connectivity index (χ0n) is 16.0. The normalized spacial score (nSPS) is 18.6. The molecule has 0 saturated heterocycles. The lowest BCUT2D eigenvalue weighted by Crippen LogP contribution is -2.54. The SMILES string of the molecule is CCOC(=O)N1C(c2ccccc2)C=CC(c2ccccc2)N1C(=O)OCC. The van der Waals surface area contributed by atoms with Crippen molar-refractivity contribution < 1.29 is 19.1 Å². The molecule has 0 radical (unpaired) electrons. The number of carbonyl (C=O) groups excluding carboxylic acids is 2. The summed E-state index contributed by atoms with van der Waals surface area (Å²) in [5, 5.41) is 2.68. The molecule has 1 aliphatic heterocycles. The van der Waals surface area contributed by atoms with Gasteiger partial charge < -0.3 is 9.47 Å². The maximum atomic E-state index is 12.9. The third-order valence-electron chi connectivity index (χ3n) is 4.43. The number of carbonyl (C=O) groups is 2. The van der Waals surface area contributed by atoms with Crippen LogP contribution in [0.3, 0.4) is 0 Å². The summed E-state index contributed by atoms with van der Waals surface area (Å²) in [5.41, 5.74) is 1.74. The smallest absolute Gasteiger partial charge is 0.429 e. The van der Waals surface area contributed by atoms with E-state index in [-0.39, 0.29) is 13.2 Å². The predicted molar refractivity (Wildman–Crippen MR) is 105 cm³/mol. The molecule has 6 nitrogen and oxygen atoms in total. The lowest BCUT2D eigenvalue weighted by Gasteiger charge is -2.44. The first kappa shape index (κ1) is 19.5. The van der Waals surface area contributed by atoms with E-state index >= 15 is 0 Å². The Morgan fingerprint density at radius 3 is 1.39 bits per heavy atom. The van der Waals surface area contributed by atoms with Gasteiger partial charge in [-0.2, -0.15) is 0 Å². The zero-order valence-corrected chi connectivity index (χ0v) is 16.0. The van der Waals surface area contributed by atoms with Crippen LogP contribution in [0.25, 0.3) is 0 Å². The molecule has 0 N–H and O–H groups in total. The van der Waals surface area contributed by atoms with Gasteiger partial charge in [0.25, 0.3) is 0 Å². The van der Waals surface area contributed by atoms with Crippen molar-refractivity contribution >= 4 is 12.2 Å². The van der Waals surface area contributed by atoms with Crippen molar-refractivity contribution in [3.8, 4) is 0 Å². The van der Waals surface area contributed by atoms with E-state index in [4.69, 9.17) is 9.47 Å². The van der Waals surface area contributed by atoms with Crippen LogP contribution in [0.5, 0.6) is 0 Å². The second-order valence-electron chi connectivity index (χ2n) is 6.18. The molecule has 2 aromatic rings. The Morgan fingerprint density at radius 2 is 1.07 bits per heavy atom. The van der Waals surface area contributed by atoms with Gasteiger partial charge in [-0.05, 0) is 25.0 Å². The Labute approximate surface area is 164 Å². The standard InChI is InChI=1S/C22H24N2O4/c1-3-27-21(25)23-19(17-11-7-5-8-12-17)15-16-20(18-13-9-6-10-14-18)24(23)22(26)28-4-2/h5-16,19-20H,3-4H2,1-2H3. The van der Waals surface area contributed by atoms with E-state index in [0.717, 1.165) is 11.1 Å². The Balaban J connectivity index is 2.10. The fraction of sp³-hybridized carbons (Fsp3) is 0.273. The van der Waals surface area contributed by atoms with Gasteiger partial charge in [0.15, 0.2) is 0 Å². The predicted octanol–water partition coefficient (Wildman–Crippen LogP) is 4.87. The molecule has 146 valence electrons. The highest BCUT2D eigenvalue weighted by atomic mass is 16.6. The average molecular weight is 380 g/mol. The van der Waals surface area contributed by atoms with Crippen molar-refractivity contribution in [1.29, 1.82) is 0 Å². The molecule has 0 aliphatic carbocycles. The van der Waals surface area contributed by atoms with Gasteiger partial charge in [0.2, 0.25) is 0 Å². The topological polar surface area (TPSA) is 59.1 Å². The quantitative estimate of drug-likeness (QED) is 0.710. The van der Waals surface area contributed by atoms with Crippen molar-refractivity contribution in [3.05, 3.63) is 83.9 Å². The van der Waals surface area contributed by atoms with Crippen LogP contribution in [0.15, 0.2) is 72.8 Å². The van der Waals surface area contributed by atoms with Crippen LogP contribution < -0.4 is 0 Å². The number of benzene rings is 2. The Bertz CT molecular complexity index is 753. The van der Waals surface area contributed by atoms with Gasteiger partial charge in [-0.1, -0.05) is 72.8 Å². The monoisotopic (exact) mass is 380 g/mol. The molecule has 2 amide bonds. The molecule has 3 rings (SSSR count). The van der Waals surface area contributed by atoms with Gasteiger partial charge >= 0.3 is 12.2 Å². The number of hydrazine groups is 1. The molecule has 6 heteroatoms. The van der Waals surface area contributed by atoms with Crippen LogP contribution in [-0.4, -0.2) is 35.4 Å². The zero-order chi connectivity index (χ0) is 19.9. The first-order valence-corrected chi connectivity index (χ1v) is 9.37. The van der Waals surface area contributed by atoms with Crippen molar-refractivity contribution in [2.24, 2.45) is 0 Å². The summed E-state index contributed by atoms with van der Waals surface area (Å²) < 4.78 is 10.6. The van der Waals surface area contributed by atoms with E-state index in [1.54, 1.807) is 13.8 Å². The highest BCUT2D eigenvalue weighted by Gasteiger charge is 2.41. The fourth-order valence-corrected chi connectivity index (χ4v) is 3.23. The van der Waals surface area contributed by atoms with Crippen LogP contribution in [0.4, 0.5) is 9.59 Å². The van der Waals surface area contributed by atoms with E-state index < -0.39 is 24.3 Å². The molecule has 0 fully saturated rings. The number of amides is 2. The summed E-state index contributed by atoms with van der Waals surface area (Å²) in [6, 6.07) is 18.1. The Kier molecular flexibility index (Phi) is 6.32. The summed E-state index contributed by atoms with van der Waals surface area (Å²) in [6.07, 6.45) is 2.63. The minimum atomic E-state index is -0.602. The van der Waals surface area contributed by atoms with Crippen LogP contribution >= 0.6 is 0 Å².